The van der Waals surface area contributed by atoms with Crippen LogP contribution in [-0.4, -0.2) is 29.4 Å². The second-order valence-corrected chi connectivity index (χ2v) is 7.84. The number of nitrogens with one attached hydrogen (secondary N) is 1. The van der Waals surface area contributed by atoms with Crippen LogP contribution in [0.1, 0.15) is 51.1 Å². The number of amides is 1. The van der Waals surface area contributed by atoms with Gasteiger partial charge in [-0.25, -0.2) is 0 Å². The SMILES string of the molecule is CC(c1ccc2ccccc2c1)N(C(=O)[C@H]1CCN[C@@H](C)C1)C1CC1. The van der Waals surface area contributed by atoms with Crippen molar-refractivity contribution in [1.82, 2.24) is 10.2 Å². The topological polar surface area (TPSA) is 32.3 Å². The second-order valence-electron chi connectivity index (χ2n) is 7.84. The molecule has 1 saturated heterocycles. The Balaban J connectivity index is 1.59. The third-order valence-electron chi connectivity index (χ3n) is 5.84. The van der Waals surface area contributed by atoms with Gasteiger partial charge in [0, 0.05) is 18.0 Å². The van der Waals surface area contributed by atoms with Crippen LogP contribution < -0.4 is 5.32 Å². The molecule has 3 atom stereocenters. The van der Waals surface area contributed by atoms with E-state index in [0.717, 1.165) is 32.2 Å². The van der Waals surface area contributed by atoms with Gasteiger partial charge in [0.15, 0.2) is 0 Å². The van der Waals surface area contributed by atoms with Crippen molar-refractivity contribution in [2.24, 2.45) is 5.92 Å². The first-order valence-corrected chi connectivity index (χ1v) is 9.68. The van der Waals surface area contributed by atoms with Crippen LogP contribution in [0.3, 0.4) is 0 Å². The van der Waals surface area contributed by atoms with E-state index in [1.807, 2.05) is 0 Å². The first-order valence-electron chi connectivity index (χ1n) is 9.68. The molecule has 1 unspecified atom stereocenters. The van der Waals surface area contributed by atoms with Gasteiger partial charge >= 0.3 is 0 Å². The second kappa shape index (κ2) is 6.80. The van der Waals surface area contributed by atoms with Gasteiger partial charge in [-0.1, -0.05) is 36.4 Å². The third kappa shape index (κ3) is 3.43. The number of carbonyl (C=O) groups excluding carboxylic acids is 1. The van der Waals surface area contributed by atoms with Gasteiger partial charge < -0.3 is 10.2 Å². The maximum absolute atomic E-state index is 13.3. The largest absolute Gasteiger partial charge is 0.333 e. The summed E-state index contributed by atoms with van der Waals surface area (Å²) in [5.74, 6) is 0.552. The zero-order chi connectivity index (χ0) is 17.4. The summed E-state index contributed by atoms with van der Waals surface area (Å²) >= 11 is 0. The van der Waals surface area contributed by atoms with Crippen LogP contribution >= 0.6 is 0 Å². The van der Waals surface area contributed by atoms with Crippen LogP contribution in [0.25, 0.3) is 10.8 Å². The molecule has 3 nitrogen and oxygen atoms in total. The molecule has 2 aromatic rings. The Morgan fingerprint density at radius 2 is 1.88 bits per heavy atom. The zero-order valence-corrected chi connectivity index (χ0v) is 15.2. The smallest absolute Gasteiger partial charge is 0.226 e. The monoisotopic (exact) mass is 336 g/mol. The minimum Gasteiger partial charge on any atom is -0.333 e. The van der Waals surface area contributed by atoms with E-state index < -0.39 is 0 Å². The van der Waals surface area contributed by atoms with Gasteiger partial charge in [-0.3, -0.25) is 4.79 Å². The van der Waals surface area contributed by atoms with Crippen molar-refractivity contribution in [3.05, 3.63) is 48.0 Å². The van der Waals surface area contributed by atoms with Crippen LogP contribution in [-0.2, 0) is 4.79 Å². The lowest BCUT2D eigenvalue weighted by atomic mass is 9.91. The lowest BCUT2D eigenvalue weighted by Gasteiger charge is -2.36. The number of benzene rings is 2. The van der Waals surface area contributed by atoms with Crippen molar-refractivity contribution in [2.75, 3.05) is 6.54 Å². The predicted molar refractivity (Wildman–Crippen MR) is 102 cm³/mol. The lowest BCUT2D eigenvalue weighted by Crippen LogP contribution is -2.45. The summed E-state index contributed by atoms with van der Waals surface area (Å²) in [6.45, 7) is 5.35. The Bertz CT molecular complexity index is 767. The van der Waals surface area contributed by atoms with Gasteiger partial charge in [0.25, 0.3) is 0 Å². The highest BCUT2D eigenvalue weighted by molar-refractivity contribution is 5.84. The van der Waals surface area contributed by atoms with Gasteiger partial charge in [0.1, 0.15) is 0 Å². The van der Waals surface area contributed by atoms with Crippen molar-refractivity contribution >= 4 is 16.7 Å². The summed E-state index contributed by atoms with van der Waals surface area (Å²) in [5, 5.41) is 5.98. The summed E-state index contributed by atoms with van der Waals surface area (Å²) < 4.78 is 0. The van der Waals surface area contributed by atoms with E-state index in [4.69, 9.17) is 0 Å². The number of carbonyl (C=O) groups is 1. The van der Waals surface area contributed by atoms with E-state index in [1.54, 1.807) is 0 Å². The van der Waals surface area contributed by atoms with Gasteiger partial charge in [-0.05, 0) is 68.5 Å². The molecule has 4 rings (SSSR count). The molecule has 0 spiro atoms. The standard InChI is InChI=1S/C22H28N2O/c1-15-13-20(11-12-23-15)22(25)24(21-9-10-21)16(2)18-8-7-17-5-3-4-6-19(17)14-18/h3-8,14-16,20-21,23H,9-13H2,1-2H3/t15-,16?,20-/m0/s1. The fraction of sp³-hybridized carbons (Fsp3) is 0.500. The highest BCUT2D eigenvalue weighted by Gasteiger charge is 2.39. The average Bonchev–Trinajstić information content (AvgIpc) is 3.46. The van der Waals surface area contributed by atoms with E-state index in [1.165, 1.54) is 16.3 Å². The van der Waals surface area contributed by atoms with Crippen LogP contribution in [0, 0.1) is 5.92 Å². The maximum atomic E-state index is 13.3. The molecule has 0 radical (unpaired) electrons. The first kappa shape index (κ1) is 16.6. The van der Waals surface area contributed by atoms with E-state index in [2.05, 4.69) is 66.5 Å². The molecule has 1 N–H and O–H groups in total. The van der Waals surface area contributed by atoms with Crippen molar-refractivity contribution in [3.63, 3.8) is 0 Å². The van der Waals surface area contributed by atoms with Crippen molar-refractivity contribution in [2.45, 2.75) is 57.7 Å². The Kier molecular flexibility index (Phi) is 4.51. The number of piperidine rings is 1. The fourth-order valence-corrected chi connectivity index (χ4v) is 4.24. The molecule has 2 fully saturated rings. The molecule has 1 saturated carbocycles. The molecule has 1 heterocycles. The molecule has 1 amide bonds. The molecule has 2 aliphatic rings. The molecule has 25 heavy (non-hydrogen) atoms. The Morgan fingerprint density at radius 3 is 2.60 bits per heavy atom. The van der Waals surface area contributed by atoms with E-state index in [0.29, 0.717) is 18.0 Å². The maximum Gasteiger partial charge on any atom is 0.226 e. The predicted octanol–water partition coefficient (Wildman–Crippen LogP) is 4.28. The van der Waals surface area contributed by atoms with Gasteiger partial charge in [-0.15, -0.1) is 0 Å². The molecule has 2 aromatic carbocycles. The third-order valence-corrected chi connectivity index (χ3v) is 5.84. The first-order chi connectivity index (χ1) is 12.1. The molecular formula is C22H28N2O. The summed E-state index contributed by atoms with van der Waals surface area (Å²) in [5.41, 5.74) is 1.25. The average molecular weight is 336 g/mol. The van der Waals surface area contributed by atoms with Crippen LogP contribution in [0.5, 0.6) is 0 Å². The Hall–Kier alpha value is -1.87. The number of hydrogen-bond donors (Lipinski definition) is 1. The normalized spacial score (nSPS) is 24.9. The van der Waals surface area contributed by atoms with E-state index >= 15 is 0 Å². The summed E-state index contributed by atoms with van der Waals surface area (Å²) in [6.07, 6.45) is 4.25. The zero-order valence-electron chi connectivity index (χ0n) is 15.2. The number of nitrogens with zero attached hydrogens (tertiary/aromatic N) is 1. The summed E-state index contributed by atoms with van der Waals surface area (Å²) in [6, 6.07) is 16.1. The minimum absolute atomic E-state index is 0.148. The van der Waals surface area contributed by atoms with Gasteiger partial charge in [-0.2, -0.15) is 0 Å². The van der Waals surface area contributed by atoms with E-state index in [9.17, 15) is 4.79 Å². The minimum atomic E-state index is 0.148. The highest BCUT2D eigenvalue weighted by Crippen LogP contribution is 2.37. The van der Waals surface area contributed by atoms with Crippen LogP contribution in [0.2, 0.25) is 0 Å². The Labute approximate surface area is 150 Å². The molecule has 3 heteroatoms. The quantitative estimate of drug-likeness (QED) is 0.904. The molecule has 132 valence electrons. The Morgan fingerprint density at radius 1 is 1.12 bits per heavy atom. The summed E-state index contributed by atoms with van der Waals surface area (Å²) in [7, 11) is 0. The highest BCUT2D eigenvalue weighted by atomic mass is 16.2. The van der Waals surface area contributed by atoms with Gasteiger partial charge in [0.05, 0.1) is 6.04 Å². The molecule has 1 aliphatic heterocycles. The lowest BCUT2D eigenvalue weighted by molar-refractivity contribution is -0.139. The number of rotatable bonds is 4. The molecule has 1 aliphatic carbocycles. The molecule has 0 aromatic heterocycles. The number of hydrogen-bond acceptors (Lipinski definition) is 2. The van der Waals surface area contributed by atoms with E-state index in [-0.39, 0.29) is 12.0 Å². The van der Waals surface area contributed by atoms with Crippen molar-refractivity contribution < 1.29 is 4.79 Å². The fourth-order valence-electron chi connectivity index (χ4n) is 4.24. The van der Waals surface area contributed by atoms with Crippen molar-refractivity contribution in [1.29, 1.82) is 0 Å². The van der Waals surface area contributed by atoms with Crippen LogP contribution in [0.15, 0.2) is 42.5 Å². The summed E-state index contributed by atoms with van der Waals surface area (Å²) in [4.78, 5) is 15.5. The van der Waals surface area contributed by atoms with Gasteiger partial charge in [0.2, 0.25) is 5.91 Å². The molecular weight excluding hydrogens is 308 g/mol. The molecule has 0 bridgehead atoms. The number of fused-ring (bicyclic) bond motifs is 1. The van der Waals surface area contributed by atoms with Crippen LogP contribution in [0.4, 0.5) is 0 Å². The van der Waals surface area contributed by atoms with Crippen molar-refractivity contribution in [3.8, 4) is 0 Å².